The number of fused-ring (bicyclic) bond motifs is 3. The number of carbonyl (C=O) groups excluding carboxylic acids is 1. The van der Waals surface area contributed by atoms with Crippen molar-refractivity contribution in [2.75, 3.05) is 13.2 Å². The predicted molar refractivity (Wildman–Crippen MR) is 117 cm³/mol. The summed E-state index contributed by atoms with van der Waals surface area (Å²) in [5, 5.41) is 9.68. The first-order valence-electron chi connectivity index (χ1n) is 10.7. The minimum absolute atomic E-state index is 0.0163. The number of carboxylic acid groups (broad SMARTS) is 1. The Morgan fingerprint density at radius 2 is 1.62 bits per heavy atom. The van der Waals surface area contributed by atoms with E-state index in [0.717, 1.165) is 27.8 Å². The highest BCUT2D eigenvalue weighted by Crippen LogP contribution is 2.44. The van der Waals surface area contributed by atoms with Crippen LogP contribution in [0.4, 0.5) is 4.79 Å². The molecule has 5 rings (SSSR count). The monoisotopic (exact) mass is 429 g/mol. The number of hydrogen-bond acceptors (Lipinski definition) is 5. The van der Waals surface area contributed by atoms with Crippen LogP contribution in [0.25, 0.3) is 11.1 Å². The molecular weight excluding hydrogens is 406 g/mol. The van der Waals surface area contributed by atoms with Crippen molar-refractivity contribution in [1.29, 1.82) is 0 Å². The van der Waals surface area contributed by atoms with Crippen LogP contribution in [0, 0.1) is 5.92 Å². The van der Waals surface area contributed by atoms with E-state index in [9.17, 15) is 14.7 Å². The van der Waals surface area contributed by atoms with Crippen LogP contribution in [-0.4, -0.2) is 51.2 Å². The molecular formula is C25H23N3O4. The Morgan fingerprint density at radius 1 is 1.00 bits per heavy atom. The van der Waals surface area contributed by atoms with Crippen LogP contribution >= 0.6 is 0 Å². The second-order valence-corrected chi connectivity index (χ2v) is 8.36. The van der Waals surface area contributed by atoms with Crippen LogP contribution in [0.1, 0.15) is 29.0 Å². The summed E-state index contributed by atoms with van der Waals surface area (Å²) < 4.78 is 5.70. The quantitative estimate of drug-likeness (QED) is 0.664. The smallest absolute Gasteiger partial charge is 0.410 e. The molecule has 1 N–H and O–H groups in total. The molecule has 2 heterocycles. The van der Waals surface area contributed by atoms with Crippen LogP contribution in [0.3, 0.4) is 0 Å². The summed E-state index contributed by atoms with van der Waals surface area (Å²) in [7, 11) is 0. The zero-order chi connectivity index (χ0) is 22.1. The number of benzene rings is 2. The minimum atomic E-state index is -1.01. The molecule has 2 atom stereocenters. The molecule has 2 aromatic carbocycles. The zero-order valence-corrected chi connectivity index (χ0v) is 17.4. The van der Waals surface area contributed by atoms with Gasteiger partial charge in [0.15, 0.2) is 0 Å². The van der Waals surface area contributed by atoms with Gasteiger partial charge in [0.1, 0.15) is 19.0 Å². The number of ether oxygens (including phenoxy) is 1. The van der Waals surface area contributed by atoms with Crippen LogP contribution in [0.5, 0.6) is 0 Å². The molecule has 2 aliphatic rings. The van der Waals surface area contributed by atoms with Gasteiger partial charge in [0.2, 0.25) is 0 Å². The summed E-state index contributed by atoms with van der Waals surface area (Å²) in [6.07, 6.45) is 5.33. The van der Waals surface area contributed by atoms with Crippen LogP contribution < -0.4 is 0 Å². The van der Waals surface area contributed by atoms with Crippen LogP contribution in [-0.2, 0) is 16.0 Å². The molecule has 1 aliphatic heterocycles. The number of amides is 1. The van der Waals surface area contributed by atoms with Gasteiger partial charge < -0.3 is 9.84 Å². The fraction of sp³-hybridized carbons (Fsp3) is 0.280. The lowest BCUT2D eigenvalue weighted by molar-refractivity contribution is -0.141. The third-order valence-electron chi connectivity index (χ3n) is 6.38. The van der Waals surface area contributed by atoms with Gasteiger partial charge in [-0.25, -0.2) is 19.6 Å². The van der Waals surface area contributed by atoms with Gasteiger partial charge in [-0.1, -0.05) is 48.5 Å². The van der Waals surface area contributed by atoms with Gasteiger partial charge in [-0.3, -0.25) is 4.90 Å². The fourth-order valence-electron chi connectivity index (χ4n) is 4.95. The Hall–Kier alpha value is -3.74. The summed E-state index contributed by atoms with van der Waals surface area (Å²) in [5.41, 5.74) is 5.48. The molecule has 3 aromatic rings. The summed E-state index contributed by atoms with van der Waals surface area (Å²) in [6.45, 7) is 0.509. The first-order chi connectivity index (χ1) is 15.6. The van der Waals surface area contributed by atoms with Gasteiger partial charge in [0.25, 0.3) is 0 Å². The van der Waals surface area contributed by atoms with Crippen molar-refractivity contribution >= 4 is 12.1 Å². The van der Waals surface area contributed by atoms with E-state index in [2.05, 4.69) is 34.2 Å². The van der Waals surface area contributed by atoms with Crippen molar-refractivity contribution in [3.63, 3.8) is 0 Å². The summed E-state index contributed by atoms with van der Waals surface area (Å²) >= 11 is 0. The Balaban J connectivity index is 1.30. The molecule has 7 heteroatoms. The number of nitrogens with zero attached hydrogens (tertiary/aromatic N) is 3. The molecule has 1 aromatic heterocycles. The van der Waals surface area contributed by atoms with Gasteiger partial charge in [-0.2, -0.15) is 0 Å². The van der Waals surface area contributed by atoms with Gasteiger partial charge in [-0.15, -0.1) is 0 Å². The largest absolute Gasteiger partial charge is 0.480 e. The lowest BCUT2D eigenvalue weighted by Gasteiger charge is -2.22. The lowest BCUT2D eigenvalue weighted by atomic mass is 9.98. The molecule has 162 valence electrons. The maximum atomic E-state index is 13.0. The zero-order valence-electron chi connectivity index (χ0n) is 17.4. The molecule has 0 unspecified atom stereocenters. The lowest BCUT2D eigenvalue weighted by Crippen LogP contribution is -2.41. The number of rotatable bonds is 5. The number of aromatic nitrogens is 2. The summed E-state index contributed by atoms with van der Waals surface area (Å²) in [4.78, 5) is 34.2. The van der Waals surface area contributed by atoms with Crippen molar-refractivity contribution < 1.29 is 19.4 Å². The number of hydrogen-bond donors (Lipinski definition) is 1. The molecule has 7 nitrogen and oxygen atoms in total. The summed E-state index contributed by atoms with van der Waals surface area (Å²) in [5.74, 6) is -1.05. The first kappa shape index (κ1) is 20.2. The molecule has 1 fully saturated rings. The van der Waals surface area contributed by atoms with E-state index >= 15 is 0 Å². The Bertz CT molecular complexity index is 1110. The highest BCUT2D eigenvalue weighted by molar-refractivity contribution is 5.81. The van der Waals surface area contributed by atoms with Gasteiger partial charge in [-0.05, 0) is 46.6 Å². The fourth-order valence-corrected chi connectivity index (χ4v) is 4.95. The molecule has 0 saturated carbocycles. The maximum Gasteiger partial charge on any atom is 0.410 e. The van der Waals surface area contributed by atoms with Gasteiger partial charge in [0, 0.05) is 24.9 Å². The Morgan fingerprint density at radius 3 is 2.25 bits per heavy atom. The van der Waals surface area contributed by atoms with Crippen molar-refractivity contribution in [1.82, 2.24) is 14.9 Å². The van der Waals surface area contributed by atoms with E-state index in [1.807, 2.05) is 24.3 Å². The molecule has 1 saturated heterocycles. The molecule has 0 bridgehead atoms. The predicted octanol–water partition coefficient (Wildman–Crippen LogP) is 3.74. The highest BCUT2D eigenvalue weighted by Gasteiger charge is 2.41. The van der Waals surface area contributed by atoms with E-state index in [1.165, 1.54) is 11.2 Å². The average Bonchev–Trinajstić information content (AvgIpc) is 3.38. The van der Waals surface area contributed by atoms with E-state index in [-0.39, 0.29) is 18.4 Å². The Kier molecular flexibility index (Phi) is 5.31. The SMILES string of the molecule is O=C(O)[C@@H]1C[C@@H](Cc2cncnc2)CN1C(=O)OCC1c2ccccc2-c2ccccc21. The first-order valence-corrected chi connectivity index (χ1v) is 10.7. The topological polar surface area (TPSA) is 92.6 Å². The van der Waals surface area contributed by atoms with Gasteiger partial charge in [0.05, 0.1) is 0 Å². The van der Waals surface area contributed by atoms with Crippen molar-refractivity contribution in [2.45, 2.75) is 24.8 Å². The van der Waals surface area contributed by atoms with E-state index in [4.69, 9.17) is 4.74 Å². The van der Waals surface area contributed by atoms with Crippen LogP contribution in [0.2, 0.25) is 0 Å². The van der Waals surface area contributed by atoms with Crippen molar-refractivity contribution in [3.05, 3.63) is 83.9 Å². The molecule has 1 aliphatic carbocycles. The van der Waals surface area contributed by atoms with Gasteiger partial charge >= 0.3 is 12.1 Å². The molecule has 32 heavy (non-hydrogen) atoms. The summed E-state index contributed by atoms with van der Waals surface area (Å²) in [6, 6.07) is 15.4. The number of carbonyl (C=O) groups is 2. The standard InChI is InChI=1S/C25H23N3O4/c29-24(30)23-10-16(9-17-11-26-15-27-12-17)13-28(23)25(31)32-14-22-20-7-3-1-5-18(20)19-6-2-4-8-21(19)22/h1-8,11-12,15-16,22-23H,9-10,13-14H2,(H,29,30)/t16-,23+/m1/s1. The third-order valence-corrected chi connectivity index (χ3v) is 6.38. The average molecular weight is 429 g/mol. The maximum absolute atomic E-state index is 13.0. The van der Waals surface area contributed by atoms with E-state index in [0.29, 0.717) is 19.4 Å². The highest BCUT2D eigenvalue weighted by atomic mass is 16.6. The second kappa shape index (κ2) is 8.42. The number of aliphatic carboxylic acids is 1. The van der Waals surface area contributed by atoms with Crippen LogP contribution in [0.15, 0.2) is 67.3 Å². The molecule has 0 radical (unpaired) electrons. The van der Waals surface area contributed by atoms with E-state index < -0.39 is 18.1 Å². The van der Waals surface area contributed by atoms with E-state index in [1.54, 1.807) is 12.4 Å². The van der Waals surface area contributed by atoms with Crippen molar-refractivity contribution in [2.24, 2.45) is 5.92 Å². The molecule has 0 spiro atoms. The minimum Gasteiger partial charge on any atom is -0.480 e. The third kappa shape index (κ3) is 3.70. The molecule has 1 amide bonds. The Labute approximate surface area is 185 Å². The normalized spacial score (nSPS) is 19.4. The number of carboxylic acids is 1. The second-order valence-electron chi connectivity index (χ2n) is 8.36. The number of likely N-dealkylation sites (tertiary alicyclic amines) is 1. The van der Waals surface area contributed by atoms with Crippen molar-refractivity contribution in [3.8, 4) is 11.1 Å².